The molecule has 0 saturated carbocycles. The zero-order valence-corrected chi connectivity index (χ0v) is 13.9. The van der Waals surface area contributed by atoms with Gasteiger partial charge in [-0.3, -0.25) is 9.48 Å². The number of hydrogen-bond acceptors (Lipinski definition) is 3. The van der Waals surface area contributed by atoms with Gasteiger partial charge in [0.1, 0.15) is 0 Å². The second-order valence-corrected chi connectivity index (χ2v) is 6.10. The van der Waals surface area contributed by atoms with E-state index in [1.54, 1.807) is 6.20 Å². The number of piperazine rings is 1. The van der Waals surface area contributed by atoms with Gasteiger partial charge in [-0.2, -0.15) is 5.10 Å². The molecule has 2 heterocycles. The maximum atomic E-state index is 12.8. The summed E-state index contributed by atoms with van der Waals surface area (Å²) < 4.78 is 1.96. The third kappa shape index (κ3) is 3.45. The number of carbonyl (C=O) groups is 1. The highest BCUT2D eigenvalue weighted by Crippen LogP contribution is 2.15. The molecule has 0 unspecified atom stereocenters. The summed E-state index contributed by atoms with van der Waals surface area (Å²) in [6.07, 6.45) is 2.55. The molecule has 1 aromatic heterocycles. The smallest absolute Gasteiger partial charge is 0.257 e. The average molecular weight is 312 g/mol. The summed E-state index contributed by atoms with van der Waals surface area (Å²) in [5.74, 6) is 0.120. The predicted octanol–water partition coefficient (Wildman–Crippen LogP) is 1.88. The van der Waals surface area contributed by atoms with E-state index in [9.17, 15) is 4.79 Å². The Morgan fingerprint density at radius 2 is 1.83 bits per heavy atom. The molecule has 1 amide bonds. The Morgan fingerprint density at radius 1 is 1.13 bits per heavy atom. The number of hydrogen-bond donors (Lipinski definition) is 0. The van der Waals surface area contributed by atoms with Crippen molar-refractivity contribution >= 4 is 5.91 Å². The van der Waals surface area contributed by atoms with Crippen molar-refractivity contribution in [2.24, 2.45) is 0 Å². The topological polar surface area (TPSA) is 41.4 Å². The van der Waals surface area contributed by atoms with Crippen molar-refractivity contribution in [3.63, 3.8) is 0 Å². The first-order valence-electron chi connectivity index (χ1n) is 8.25. The molecule has 2 aromatic rings. The van der Waals surface area contributed by atoms with Crippen LogP contribution in [0.1, 0.15) is 28.5 Å². The van der Waals surface area contributed by atoms with E-state index in [4.69, 9.17) is 0 Å². The van der Waals surface area contributed by atoms with E-state index >= 15 is 0 Å². The van der Waals surface area contributed by atoms with Gasteiger partial charge in [0.15, 0.2) is 0 Å². The highest BCUT2D eigenvalue weighted by Gasteiger charge is 2.24. The molecule has 1 fully saturated rings. The van der Waals surface area contributed by atoms with E-state index in [1.165, 1.54) is 5.56 Å². The summed E-state index contributed by atoms with van der Waals surface area (Å²) in [4.78, 5) is 17.0. The van der Waals surface area contributed by atoms with Crippen molar-refractivity contribution in [2.45, 2.75) is 19.9 Å². The molecule has 23 heavy (non-hydrogen) atoms. The van der Waals surface area contributed by atoms with E-state index < -0.39 is 0 Å². The Balaban J connectivity index is 1.79. The molecule has 5 nitrogen and oxygen atoms in total. The third-order valence-electron chi connectivity index (χ3n) is 4.48. The van der Waals surface area contributed by atoms with Gasteiger partial charge in [-0.25, -0.2) is 0 Å². The minimum atomic E-state index is 0.120. The second-order valence-electron chi connectivity index (χ2n) is 6.10. The molecule has 1 saturated heterocycles. The standard InChI is InChI=1S/C18H24N4O/c1-3-17-16(18(23)21-11-9-20(2)10-12-21)13-19-22(17)14-15-7-5-4-6-8-15/h4-8,13H,3,9-12,14H2,1-2H3. The van der Waals surface area contributed by atoms with Crippen molar-refractivity contribution in [1.82, 2.24) is 19.6 Å². The van der Waals surface area contributed by atoms with E-state index in [0.717, 1.165) is 43.9 Å². The SMILES string of the molecule is CCc1c(C(=O)N2CCN(C)CC2)cnn1Cc1ccccc1. The maximum absolute atomic E-state index is 12.8. The van der Waals surface area contributed by atoms with Crippen LogP contribution >= 0.6 is 0 Å². The molecule has 0 atom stereocenters. The number of benzene rings is 1. The van der Waals surface area contributed by atoms with Gasteiger partial charge < -0.3 is 9.80 Å². The summed E-state index contributed by atoms with van der Waals surface area (Å²) in [5, 5.41) is 4.47. The summed E-state index contributed by atoms with van der Waals surface area (Å²) in [6.45, 7) is 6.25. The van der Waals surface area contributed by atoms with Gasteiger partial charge in [0, 0.05) is 26.2 Å². The molecule has 3 rings (SSSR count). The molecule has 1 aliphatic heterocycles. The van der Waals surface area contributed by atoms with Crippen molar-refractivity contribution in [3.05, 3.63) is 53.3 Å². The van der Waals surface area contributed by atoms with Gasteiger partial charge in [0.05, 0.1) is 24.0 Å². The summed E-state index contributed by atoms with van der Waals surface area (Å²) >= 11 is 0. The van der Waals surface area contributed by atoms with Crippen LogP contribution in [0.3, 0.4) is 0 Å². The number of nitrogens with zero attached hydrogens (tertiary/aromatic N) is 4. The molecule has 5 heteroatoms. The van der Waals surface area contributed by atoms with Gasteiger partial charge >= 0.3 is 0 Å². The van der Waals surface area contributed by atoms with Crippen LogP contribution in [0.25, 0.3) is 0 Å². The lowest BCUT2D eigenvalue weighted by molar-refractivity contribution is 0.0663. The van der Waals surface area contributed by atoms with Crippen molar-refractivity contribution in [1.29, 1.82) is 0 Å². The molecule has 0 spiro atoms. The van der Waals surface area contributed by atoms with E-state index in [0.29, 0.717) is 6.54 Å². The minimum Gasteiger partial charge on any atom is -0.336 e. The van der Waals surface area contributed by atoms with Gasteiger partial charge in [0.25, 0.3) is 5.91 Å². The van der Waals surface area contributed by atoms with E-state index in [2.05, 4.69) is 36.1 Å². The molecular formula is C18H24N4O. The molecule has 1 aliphatic rings. The Morgan fingerprint density at radius 3 is 2.48 bits per heavy atom. The number of rotatable bonds is 4. The van der Waals surface area contributed by atoms with Gasteiger partial charge in [0.2, 0.25) is 0 Å². The van der Waals surface area contributed by atoms with E-state index in [1.807, 2.05) is 27.8 Å². The first-order chi connectivity index (χ1) is 11.2. The zero-order valence-electron chi connectivity index (χ0n) is 13.9. The largest absolute Gasteiger partial charge is 0.336 e. The average Bonchev–Trinajstić information content (AvgIpc) is 2.98. The fourth-order valence-electron chi connectivity index (χ4n) is 3.03. The first kappa shape index (κ1) is 15.7. The normalized spacial score (nSPS) is 15.8. The molecule has 0 N–H and O–H groups in total. The molecule has 1 aromatic carbocycles. The van der Waals surface area contributed by atoms with Crippen LogP contribution in [-0.2, 0) is 13.0 Å². The highest BCUT2D eigenvalue weighted by atomic mass is 16.2. The van der Waals surface area contributed by atoms with Crippen LogP contribution in [0.4, 0.5) is 0 Å². The summed E-state index contributed by atoms with van der Waals surface area (Å²) in [6, 6.07) is 10.2. The van der Waals surface area contributed by atoms with Crippen LogP contribution in [0.2, 0.25) is 0 Å². The molecule has 122 valence electrons. The van der Waals surface area contributed by atoms with Crippen molar-refractivity contribution < 1.29 is 4.79 Å². The predicted molar refractivity (Wildman–Crippen MR) is 90.5 cm³/mol. The van der Waals surface area contributed by atoms with Crippen LogP contribution in [0.5, 0.6) is 0 Å². The fraction of sp³-hybridized carbons (Fsp3) is 0.444. The van der Waals surface area contributed by atoms with Crippen molar-refractivity contribution in [2.75, 3.05) is 33.2 Å². The second kappa shape index (κ2) is 6.96. The van der Waals surface area contributed by atoms with Crippen LogP contribution < -0.4 is 0 Å². The number of aromatic nitrogens is 2. The highest BCUT2D eigenvalue weighted by molar-refractivity contribution is 5.95. The van der Waals surface area contributed by atoms with Crippen LogP contribution in [0, 0.1) is 0 Å². The van der Waals surface area contributed by atoms with Gasteiger partial charge in [-0.05, 0) is 19.0 Å². The number of likely N-dealkylation sites (N-methyl/N-ethyl adjacent to an activating group) is 1. The van der Waals surface area contributed by atoms with Crippen molar-refractivity contribution in [3.8, 4) is 0 Å². The molecule has 0 aliphatic carbocycles. The third-order valence-corrected chi connectivity index (χ3v) is 4.48. The Hall–Kier alpha value is -2.14. The fourth-order valence-corrected chi connectivity index (χ4v) is 3.03. The summed E-state index contributed by atoms with van der Waals surface area (Å²) in [7, 11) is 2.09. The lowest BCUT2D eigenvalue weighted by atomic mass is 10.1. The Labute approximate surface area is 137 Å². The van der Waals surface area contributed by atoms with Gasteiger partial charge in [-0.15, -0.1) is 0 Å². The monoisotopic (exact) mass is 312 g/mol. The summed E-state index contributed by atoms with van der Waals surface area (Å²) in [5.41, 5.74) is 2.98. The molecular weight excluding hydrogens is 288 g/mol. The number of carbonyl (C=O) groups excluding carboxylic acids is 1. The molecule has 0 bridgehead atoms. The van der Waals surface area contributed by atoms with Crippen LogP contribution in [-0.4, -0.2) is 58.7 Å². The number of amides is 1. The maximum Gasteiger partial charge on any atom is 0.257 e. The lowest BCUT2D eigenvalue weighted by Gasteiger charge is -2.32. The van der Waals surface area contributed by atoms with Crippen LogP contribution in [0.15, 0.2) is 36.5 Å². The minimum absolute atomic E-state index is 0.120. The first-order valence-corrected chi connectivity index (χ1v) is 8.25. The quantitative estimate of drug-likeness (QED) is 0.865. The molecule has 0 radical (unpaired) electrons. The van der Waals surface area contributed by atoms with Gasteiger partial charge in [-0.1, -0.05) is 37.3 Å². The lowest BCUT2D eigenvalue weighted by Crippen LogP contribution is -2.47. The zero-order chi connectivity index (χ0) is 16.2. The Kier molecular flexibility index (Phi) is 4.76. The van der Waals surface area contributed by atoms with E-state index in [-0.39, 0.29) is 5.91 Å². The Bertz CT molecular complexity index is 657.